The molecule has 0 aromatic rings. The van der Waals surface area contributed by atoms with Crippen molar-refractivity contribution in [2.75, 3.05) is 38.5 Å². The molecule has 1 aliphatic heterocycles. The molecule has 1 rings (SSSR count). The van der Waals surface area contributed by atoms with Gasteiger partial charge in [0.1, 0.15) is 42.8 Å². The highest BCUT2D eigenvalue weighted by atomic mass is 32.1. The van der Waals surface area contributed by atoms with E-state index in [-0.39, 0.29) is 50.5 Å². The molecule has 1 fully saturated rings. The normalized spacial score (nSPS) is 17.4. The lowest BCUT2D eigenvalue weighted by molar-refractivity contribution is -0.138. The first-order valence-corrected chi connectivity index (χ1v) is 19.5. The smallest absolute Gasteiger partial charge is 0.322 e. The van der Waals surface area contributed by atoms with E-state index in [1.807, 2.05) is 0 Å². The second-order valence-corrected chi connectivity index (χ2v) is 14.1. The number of rotatable bonds is 28. The zero-order valence-corrected chi connectivity index (χ0v) is 33.9. The van der Waals surface area contributed by atoms with Crippen molar-refractivity contribution in [1.29, 1.82) is 0 Å². The summed E-state index contributed by atoms with van der Waals surface area (Å²) in [6.07, 6.45) is -2.72. The quantitative estimate of drug-likeness (QED) is 0.0150. The number of amides is 8. The maximum Gasteiger partial charge on any atom is 0.322 e. The third-order valence-electron chi connectivity index (χ3n) is 8.79. The summed E-state index contributed by atoms with van der Waals surface area (Å²) >= 11 is 4.07. The van der Waals surface area contributed by atoms with E-state index in [9.17, 15) is 58.5 Å². The molecule has 0 spiro atoms. The summed E-state index contributed by atoms with van der Waals surface area (Å²) in [5, 5.41) is 58.4. The van der Waals surface area contributed by atoms with Crippen LogP contribution in [-0.2, 0) is 43.2 Å². The number of aliphatic imine (C=N–C) groups is 1. The molecule has 0 radical (unpaired) electrons. The predicted molar refractivity (Wildman–Crippen MR) is 214 cm³/mol. The van der Waals surface area contributed by atoms with Crippen molar-refractivity contribution < 1.29 is 63.6 Å². The summed E-state index contributed by atoms with van der Waals surface area (Å²) in [5.41, 5.74) is 21.4. The van der Waals surface area contributed by atoms with Crippen LogP contribution in [0.25, 0.3) is 0 Å². The second kappa shape index (κ2) is 27.4. The molecule has 26 nitrogen and oxygen atoms in total. The number of carbonyl (C=O) groups is 9. The van der Waals surface area contributed by atoms with Crippen LogP contribution in [0.4, 0.5) is 0 Å². The van der Waals surface area contributed by atoms with Gasteiger partial charge in [-0.05, 0) is 52.0 Å². The third kappa shape index (κ3) is 19.6. The second-order valence-electron chi connectivity index (χ2n) is 13.7. The molecule has 9 atom stereocenters. The Hall–Kier alpha value is -5.35. The summed E-state index contributed by atoms with van der Waals surface area (Å²) in [5.74, 6) is -9.82. The zero-order chi connectivity index (χ0) is 45.5. The Morgan fingerprint density at radius 3 is 1.87 bits per heavy atom. The van der Waals surface area contributed by atoms with Gasteiger partial charge in [0.15, 0.2) is 5.96 Å². The maximum absolute atomic E-state index is 13.5. The van der Waals surface area contributed by atoms with Crippen molar-refractivity contribution in [1.82, 2.24) is 42.5 Å². The number of nitrogens with one attached hydrogen (secondary N) is 8. The average molecular weight is 878 g/mol. The van der Waals surface area contributed by atoms with E-state index >= 15 is 0 Å². The number of nitrogens with zero attached hydrogens (tertiary/aromatic N) is 1. The van der Waals surface area contributed by atoms with Crippen LogP contribution in [0, 0.1) is 0 Å². The van der Waals surface area contributed by atoms with E-state index in [1.165, 1.54) is 0 Å². The summed E-state index contributed by atoms with van der Waals surface area (Å²) < 4.78 is 0. The van der Waals surface area contributed by atoms with E-state index in [2.05, 4.69) is 60.2 Å². The van der Waals surface area contributed by atoms with Gasteiger partial charge in [0, 0.05) is 18.8 Å². The SMILES string of the molecule is C[C@@H](O)[C@H](NC(=O)[C@H](CC(N)=O)NC(=O)[C@@H]1CCCN1)C(=O)N[C@@H](CC[C@@H](O)CN)C(=O)N[C@@H](CO)C(=O)N[C@@H](CS)C(=O)N[C@@H](CCCN=C(N)N)C(=O)NCC(=O)O. The summed E-state index contributed by atoms with van der Waals surface area (Å²) in [6.45, 7) is -0.327. The third-order valence-corrected chi connectivity index (χ3v) is 9.16. The number of carbonyl (C=O) groups excluding carboxylic acids is 8. The van der Waals surface area contributed by atoms with Crippen LogP contribution in [0.15, 0.2) is 4.99 Å². The van der Waals surface area contributed by atoms with Gasteiger partial charge in [0.25, 0.3) is 0 Å². The molecule has 20 N–H and O–H groups in total. The van der Waals surface area contributed by atoms with Crippen molar-refractivity contribution in [2.45, 2.75) is 106 Å². The minimum absolute atomic E-state index is 0.0575. The first-order valence-electron chi connectivity index (χ1n) is 18.9. The van der Waals surface area contributed by atoms with E-state index in [4.69, 9.17) is 28.0 Å². The summed E-state index contributed by atoms with van der Waals surface area (Å²) in [7, 11) is 0. The number of aliphatic hydroxyl groups excluding tert-OH is 3. The lowest BCUT2D eigenvalue weighted by Crippen LogP contribution is -2.62. The van der Waals surface area contributed by atoms with Crippen molar-refractivity contribution in [3.05, 3.63) is 0 Å². The van der Waals surface area contributed by atoms with Gasteiger partial charge in [-0.3, -0.25) is 48.1 Å². The van der Waals surface area contributed by atoms with Crippen LogP contribution in [0.2, 0.25) is 0 Å². The molecule has 1 aliphatic rings. The maximum atomic E-state index is 13.5. The van der Waals surface area contributed by atoms with Gasteiger partial charge in [-0.15, -0.1) is 0 Å². The predicted octanol–water partition coefficient (Wildman–Crippen LogP) is -8.82. The molecule has 1 saturated heterocycles. The van der Waals surface area contributed by atoms with Crippen LogP contribution in [-0.4, -0.2) is 173 Å². The topological polar surface area (TPSA) is 447 Å². The lowest BCUT2D eigenvalue weighted by atomic mass is 10.0. The number of nitrogens with two attached hydrogens (primary N) is 4. The number of carboxylic acid groups (broad SMARTS) is 1. The first kappa shape index (κ1) is 52.7. The minimum Gasteiger partial charge on any atom is -0.480 e. The largest absolute Gasteiger partial charge is 0.480 e. The van der Waals surface area contributed by atoms with Crippen LogP contribution in [0.1, 0.15) is 51.9 Å². The Bertz CT molecular complexity index is 1530. The number of carboxylic acids is 1. The molecule has 0 bridgehead atoms. The van der Waals surface area contributed by atoms with Crippen molar-refractivity contribution >= 4 is 71.8 Å². The number of hydrogen-bond acceptors (Lipinski definition) is 16. The molecule has 0 unspecified atom stereocenters. The van der Waals surface area contributed by atoms with Gasteiger partial charge in [-0.25, -0.2) is 0 Å². The van der Waals surface area contributed by atoms with Crippen LogP contribution in [0.3, 0.4) is 0 Å². The molecule has 60 heavy (non-hydrogen) atoms. The van der Waals surface area contributed by atoms with E-state index < -0.39 is 127 Å². The van der Waals surface area contributed by atoms with Gasteiger partial charge in [-0.1, -0.05) is 0 Å². The number of aliphatic carboxylic acids is 1. The van der Waals surface area contributed by atoms with E-state index in [0.29, 0.717) is 19.4 Å². The van der Waals surface area contributed by atoms with E-state index in [0.717, 1.165) is 6.92 Å². The van der Waals surface area contributed by atoms with Crippen LogP contribution < -0.4 is 65.5 Å². The Labute approximate surface area is 350 Å². The molecule has 340 valence electrons. The average Bonchev–Trinajstić information content (AvgIpc) is 3.74. The van der Waals surface area contributed by atoms with Gasteiger partial charge < -0.3 is 85.9 Å². The molecule has 0 aliphatic carbocycles. The number of guanidine groups is 1. The minimum atomic E-state index is -1.79. The molecular formula is C33H59N13O13S. The Balaban J connectivity index is 3.17. The highest BCUT2D eigenvalue weighted by Crippen LogP contribution is 2.08. The van der Waals surface area contributed by atoms with Gasteiger partial charge in [0.2, 0.25) is 47.3 Å². The Kier molecular flexibility index (Phi) is 24.1. The number of hydrogen-bond donors (Lipinski definition) is 17. The molecular weight excluding hydrogens is 819 g/mol. The Morgan fingerprint density at radius 1 is 0.767 bits per heavy atom. The summed E-state index contributed by atoms with van der Waals surface area (Å²) in [4.78, 5) is 119. The number of thiol groups is 1. The molecule has 8 amide bonds. The fourth-order valence-corrected chi connectivity index (χ4v) is 5.78. The monoisotopic (exact) mass is 877 g/mol. The summed E-state index contributed by atoms with van der Waals surface area (Å²) in [6, 6.07) is -10.2. The van der Waals surface area contributed by atoms with Crippen molar-refractivity contribution in [3.8, 4) is 0 Å². The van der Waals surface area contributed by atoms with Crippen LogP contribution >= 0.6 is 12.6 Å². The molecule has 1 heterocycles. The van der Waals surface area contributed by atoms with Crippen LogP contribution in [0.5, 0.6) is 0 Å². The first-order chi connectivity index (χ1) is 28.2. The zero-order valence-electron chi connectivity index (χ0n) is 33.1. The van der Waals surface area contributed by atoms with Gasteiger partial charge >= 0.3 is 5.97 Å². The molecule has 0 aromatic carbocycles. The van der Waals surface area contributed by atoms with Gasteiger partial charge in [0.05, 0.1) is 31.3 Å². The molecule has 27 heteroatoms. The fraction of sp³-hybridized carbons (Fsp3) is 0.697. The van der Waals surface area contributed by atoms with Crippen molar-refractivity contribution in [2.24, 2.45) is 27.9 Å². The van der Waals surface area contributed by atoms with Crippen molar-refractivity contribution in [3.63, 3.8) is 0 Å². The fourth-order valence-electron chi connectivity index (χ4n) is 5.52. The number of aliphatic hydroxyl groups is 3. The molecule has 0 saturated carbocycles. The molecule has 0 aromatic heterocycles. The van der Waals surface area contributed by atoms with E-state index in [1.54, 1.807) is 0 Å². The standard InChI is InChI=1S/C33H59N13O13S/c1-15(48)25(46-29(56)20(10-23(35)50)43-27(54)17-4-2-8-38-17)32(59)42-19(7-6-16(49)11-34)28(55)44-21(13-47)30(57)45-22(14-60)31(58)41-18(5-3-9-39-33(36)37)26(53)40-12-24(51)52/h15-22,25,38,47-49,60H,2-14,34H2,1H3,(H2,35,50)(H,40,53)(H,41,58)(H,42,59)(H,43,54)(H,44,55)(H,45,57)(H,46,56)(H,51,52)(H4,36,37,39)/t15-,16-,17+,18+,19+,20+,21+,22+,25+/m1/s1. The highest BCUT2D eigenvalue weighted by Gasteiger charge is 2.36. The van der Waals surface area contributed by atoms with Gasteiger partial charge in [-0.2, -0.15) is 12.6 Å². The lowest BCUT2D eigenvalue weighted by Gasteiger charge is -2.28. The number of primary amides is 1. The Morgan fingerprint density at radius 2 is 1.33 bits per heavy atom. The highest BCUT2D eigenvalue weighted by molar-refractivity contribution is 7.80.